The van der Waals surface area contributed by atoms with E-state index in [9.17, 15) is 0 Å². The lowest BCUT2D eigenvalue weighted by Gasteiger charge is -2.36. The van der Waals surface area contributed by atoms with Gasteiger partial charge >= 0.3 is 0 Å². The molecule has 1 aliphatic carbocycles. The zero-order valence-electron chi connectivity index (χ0n) is 10.6. The fourth-order valence-electron chi connectivity index (χ4n) is 3.44. The highest BCUT2D eigenvalue weighted by Crippen LogP contribution is 2.35. The Morgan fingerprint density at radius 1 is 1.12 bits per heavy atom. The monoisotopic (exact) mass is 230 g/mol. The minimum Gasteiger partial charge on any atom is -0.327 e. The molecule has 2 atom stereocenters. The summed E-state index contributed by atoms with van der Waals surface area (Å²) < 4.78 is 0. The van der Waals surface area contributed by atoms with E-state index in [1.54, 1.807) is 0 Å². The Morgan fingerprint density at radius 2 is 1.71 bits per heavy atom. The van der Waals surface area contributed by atoms with E-state index in [4.69, 9.17) is 5.73 Å². The number of hydrogen-bond acceptors (Lipinski definition) is 2. The van der Waals surface area contributed by atoms with Gasteiger partial charge < -0.3 is 5.73 Å². The Bertz CT molecular complexity index is 370. The van der Waals surface area contributed by atoms with Crippen LogP contribution in [0.4, 0.5) is 0 Å². The Labute approximate surface area is 104 Å². The molecule has 1 aromatic rings. The van der Waals surface area contributed by atoms with E-state index in [1.807, 2.05) is 0 Å². The van der Waals surface area contributed by atoms with E-state index in [0.29, 0.717) is 6.04 Å². The molecule has 2 aliphatic rings. The summed E-state index contributed by atoms with van der Waals surface area (Å²) in [6.07, 6.45) is 2.69. The summed E-state index contributed by atoms with van der Waals surface area (Å²) in [6, 6.07) is 9.40. The molecule has 2 bridgehead atoms. The number of nitrogens with two attached hydrogens (primary N) is 1. The number of fused-ring (bicyclic) bond motifs is 2. The summed E-state index contributed by atoms with van der Waals surface area (Å²) in [7, 11) is 0. The Balaban J connectivity index is 1.65. The van der Waals surface area contributed by atoms with Crippen molar-refractivity contribution in [3.05, 3.63) is 35.4 Å². The molecule has 0 aromatic heterocycles. The third kappa shape index (κ3) is 2.24. The zero-order chi connectivity index (χ0) is 11.8. The highest BCUT2D eigenvalue weighted by atomic mass is 15.2. The van der Waals surface area contributed by atoms with Crippen LogP contribution < -0.4 is 5.73 Å². The van der Waals surface area contributed by atoms with Crippen LogP contribution >= 0.6 is 0 Å². The van der Waals surface area contributed by atoms with Crippen molar-refractivity contribution in [2.45, 2.75) is 32.4 Å². The third-order valence-electron chi connectivity index (χ3n) is 4.51. The van der Waals surface area contributed by atoms with Crippen molar-refractivity contribution in [3.8, 4) is 0 Å². The lowest BCUT2D eigenvalue weighted by molar-refractivity contribution is 0.140. The van der Waals surface area contributed by atoms with E-state index < -0.39 is 0 Å². The second-order valence-corrected chi connectivity index (χ2v) is 5.85. The van der Waals surface area contributed by atoms with Gasteiger partial charge in [-0.05, 0) is 37.2 Å². The van der Waals surface area contributed by atoms with Gasteiger partial charge in [0.1, 0.15) is 0 Å². The van der Waals surface area contributed by atoms with Crippen molar-refractivity contribution < 1.29 is 0 Å². The number of aryl methyl sites for hydroxylation is 1. The molecule has 1 aromatic carbocycles. The van der Waals surface area contributed by atoms with Gasteiger partial charge in [0.25, 0.3) is 0 Å². The molecular weight excluding hydrogens is 208 g/mol. The van der Waals surface area contributed by atoms with Crippen LogP contribution in [-0.4, -0.2) is 24.0 Å². The highest BCUT2D eigenvalue weighted by molar-refractivity contribution is 5.21. The maximum absolute atomic E-state index is 6.23. The molecule has 2 nitrogen and oxygen atoms in total. The van der Waals surface area contributed by atoms with Gasteiger partial charge in [-0.1, -0.05) is 29.8 Å². The van der Waals surface area contributed by atoms with E-state index in [1.165, 1.54) is 37.1 Å². The second-order valence-electron chi connectivity index (χ2n) is 5.85. The van der Waals surface area contributed by atoms with Crippen molar-refractivity contribution in [1.29, 1.82) is 0 Å². The molecule has 0 spiro atoms. The van der Waals surface area contributed by atoms with Gasteiger partial charge in [-0.2, -0.15) is 0 Å². The highest BCUT2D eigenvalue weighted by Gasteiger charge is 2.39. The van der Waals surface area contributed by atoms with Crippen LogP contribution in [0.5, 0.6) is 0 Å². The minimum absolute atomic E-state index is 0.476. The van der Waals surface area contributed by atoms with Crippen LogP contribution in [0.25, 0.3) is 0 Å². The maximum atomic E-state index is 6.23. The Kier molecular flexibility index (Phi) is 2.93. The van der Waals surface area contributed by atoms with Crippen molar-refractivity contribution in [3.63, 3.8) is 0 Å². The van der Waals surface area contributed by atoms with Gasteiger partial charge in [0.15, 0.2) is 0 Å². The Morgan fingerprint density at radius 3 is 2.29 bits per heavy atom. The van der Waals surface area contributed by atoms with Crippen LogP contribution in [0.15, 0.2) is 24.3 Å². The molecule has 1 aliphatic heterocycles. The van der Waals surface area contributed by atoms with Crippen molar-refractivity contribution in [2.75, 3.05) is 13.1 Å². The number of likely N-dealkylation sites (tertiary alicyclic amines) is 1. The fourth-order valence-corrected chi connectivity index (χ4v) is 3.44. The van der Waals surface area contributed by atoms with Gasteiger partial charge in [0, 0.05) is 25.7 Å². The molecule has 2 heteroatoms. The molecule has 2 N–H and O–H groups in total. The van der Waals surface area contributed by atoms with Crippen molar-refractivity contribution >= 4 is 0 Å². The van der Waals surface area contributed by atoms with Crippen LogP contribution in [0.1, 0.15) is 24.0 Å². The van der Waals surface area contributed by atoms with E-state index in [-0.39, 0.29) is 0 Å². The summed E-state index contributed by atoms with van der Waals surface area (Å²) in [5.74, 6) is 1.50. The van der Waals surface area contributed by atoms with Gasteiger partial charge in [0.2, 0.25) is 0 Å². The Hall–Kier alpha value is -0.860. The minimum atomic E-state index is 0.476. The molecule has 0 amide bonds. The smallest absolute Gasteiger partial charge is 0.0233 e. The van der Waals surface area contributed by atoms with Crippen LogP contribution in [0.2, 0.25) is 0 Å². The first kappa shape index (κ1) is 11.2. The summed E-state index contributed by atoms with van der Waals surface area (Å²) in [6.45, 7) is 5.64. The van der Waals surface area contributed by atoms with Crippen LogP contribution in [0.3, 0.4) is 0 Å². The quantitative estimate of drug-likeness (QED) is 0.843. The second kappa shape index (κ2) is 4.43. The predicted octanol–water partition coefficient (Wildman–Crippen LogP) is 2.16. The molecular formula is C15H22N2. The number of hydrogen-bond donors (Lipinski definition) is 1. The molecule has 1 saturated heterocycles. The van der Waals surface area contributed by atoms with Crippen molar-refractivity contribution in [2.24, 2.45) is 17.6 Å². The van der Waals surface area contributed by atoms with Crippen molar-refractivity contribution in [1.82, 2.24) is 4.90 Å². The van der Waals surface area contributed by atoms with E-state index >= 15 is 0 Å². The van der Waals surface area contributed by atoms with Crippen LogP contribution in [-0.2, 0) is 6.54 Å². The molecule has 17 heavy (non-hydrogen) atoms. The number of rotatable bonds is 2. The number of piperidine rings is 1. The molecule has 1 saturated carbocycles. The van der Waals surface area contributed by atoms with E-state index in [2.05, 4.69) is 36.1 Å². The summed E-state index contributed by atoms with van der Waals surface area (Å²) in [5, 5.41) is 0. The molecule has 1 heterocycles. The van der Waals surface area contributed by atoms with E-state index in [0.717, 1.165) is 18.4 Å². The van der Waals surface area contributed by atoms with Gasteiger partial charge in [-0.3, -0.25) is 4.90 Å². The summed E-state index contributed by atoms with van der Waals surface area (Å²) in [4.78, 5) is 2.59. The predicted molar refractivity (Wildman–Crippen MR) is 70.6 cm³/mol. The first-order chi connectivity index (χ1) is 8.22. The average molecular weight is 230 g/mol. The number of nitrogens with zero attached hydrogens (tertiary/aromatic N) is 1. The first-order valence-corrected chi connectivity index (χ1v) is 6.76. The number of benzene rings is 1. The summed E-state index contributed by atoms with van der Waals surface area (Å²) in [5.41, 5.74) is 9.01. The summed E-state index contributed by atoms with van der Waals surface area (Å²) >= 11 is 0. The van der Waals surface area contributed by atoms with Crippen LogP contribution in [0, 0.1) is 18.8 Å². The average Bonchev–Trinajstić information content (AvgIpc) is 2.55. The topological polar surface area (TPSA) is 29.3 Å². The molecule has 0 radical (unpaired) electrons. The molecule has 2 unspecified atom stereocenters. The first-order valence-electron chi connectivity index (χ1n) is 6.76. The van der Waals surface area contributed by atoms with Gasteiger partial charge in [-0.15, -0.1) is 0 Å². The van der Waals surface area contributed by atoms with Gasteiger partial charge in [-0.25, -0.2) is 0 Å². The standard InChI is InChI=1S/C15H22N2/c1-11-2-4-12(5-3-11)8-17-9-13-6-7-14(10-17)15(13)16/h2-5,13-15H,6-10,16H2,1H3. The molecule has 2 fully saturated rings. The fraction of sp³-hybridized carbons (Fsp3) is 0.600. The zero-order valence-corrected chi connectivity index (χ0v) is 10.6. The third-order valence-corrected chi connectivity index (χ3v) is 4.51. The largest absolute Gasteiger partial charge is 0.327 e. The van der Waals surface area contributed by atoms with Gasteiger partial charge in [0.05, 0.1) is 0 Å². The SMILES string of the molecule is Cc1ccc(CN2CC3CCC(C2)C3N)cc1. The lowest BCUT2D eigenvalue weighted by atomic mass is 9.93. The normalized spacial score (nSPS) is 32.9. The maximum Gasteiger partial charge on any atom is 0.0233 e. The lowest BCUT2D eigenvalue weighted by Crippen LogP contribution is -2.48. The molecule has 3 rings (SSSR count). The molecule has 92 valence electrons.